The van der Waals surface area contributed by atoms with E-state index in [0.29, 0.717) is 18.5 Å². The first-order valence-electron chi connectivity index (χ1n) is 8.82. The van der Waals surface area contributed by atoms with Gasteiger partial charge >= 0.3 is 0 Å². The summed E-state index contributed by atoms with van der Waals surface area (Å²) in [5, 5.41) is 13.3. The lowest BCUT2D eigenvalue weighted by atomic mass is 9.95. The third-order valence-electron chi connectivity index (χ3n) is 5.51. The zero-order valence-electron chi connectivity index (χ0n) is 14.3. The molecule has 0 aromatic heterocycles. The molecule has 2 amide bonds. The number of rotatable bonds is 4. The summed E-state index contributed by atoms with van der Waals surface area (Å²) in [4.78, 5) is 27.3. The molecular weight excluding hydrogens is 304 g/mol. The Morgan fingerprint density at radius 2 is 1.79 bits per heavy atom. The third-order valence-corrected chi connectivity index (χ3v) is 5.51. The normalized spacial score (nSPS) is 25.7. The molecule has 130 valence electrons. The van der Waals surface area contributed by atoms with Crippen molar-refractivity contribution < 1.29 is 14.7 Å². The lowest BCUT2D eigenvalue weighted by molar-refractivity contribution is -0.131. The molecule has 5 nitrogen and oxygen atoms in total. The van der Waals surface area contributed by atoms with Crippen LogP contribution in [-0.2, 0) is 4.79 Å². The van der Waals surface area contributed by atoms with Crippen molar-refractivity contribution in [2.75, 3.05) is 13.1 Å². The van der Waals surface area contributed by atoms with Gasteiger partial charge < -0.3 is 15.3 Å². The second kappa shape index (κ2) is 6.55. The summed E-state index contributed by atoms with van der Waals surface area (Å²) >= 11 is 0. The fourth-order valence-corrected chi connectivity index (χ4v) is 3.91. The number of hydrogen-bond donors (Lipinski definition) is 2. The molecule has 0 bridgehead atoms. The second-order valence-electron chi connectivity index (χ2n) is 7.31. The highest BCUT2D eigenvalue weighted by Crippen LogP contribution is 2.32. The van der Waals surface area contributed by atoms with Crippen LogP contribution in [0.3, 0.4) is 0 Å². The SMILES string of the molecule is CC1(C(=O)NCC2(O)CCCC2)CCCN1C(=O)c1ccccc1. The molecule has 5 heteroatoms. The molecule has 3 rings (SSSR count). The van der Waals surface area contributed by atoms with E-state index in [0.717, 1.165) is 32.1 Å². The van der Waals surface area contributed by atoms with Gasteiger partial charge in [0, 0.05) is 18.7 Å². The number of carbonyl (C=O) groups excluding carboxylic acids is 2. The molecule has 1 aliphatic carbocycles. The molecule has 1 unspecified atom stereocenters. The molecule has 0 radical (unpaired) electrons. The van der Waals surface area contributed by atoms with E-state index >= 15 is 0 Å². The van der Waals surface area contributed by atoms with Crippen LogP contribution in [-0.4, -0.2) is 46.1 Å². The predicted octanol–water partition coefficient (Wildman–Crippen LogP) is 2.10. The first-order chi connectivity index (χ1) is 11.4. The number of likely N-dealkylation sites (tertiary alicyclic amines) is 1. The maximum Gasteiger partial charge on any atom is 0.254 e. The molecule has 1 atom stereocenters. The summed E-state index contributed by atoms with van der Waals surface area (Å²) in [6.07, 6.45) is 4.93. The minimum atomic E-state index is -0.845. The van der Waals surface area contributed by atoms with E-state index in [1.54, 1.807) is 17.0 Å². The third kappa shape index (κ3) is 3.18. The van der Waals surface area contributed by atoms with Gasteiger partial charge in [-0.3, -0.25) is 9.59 Å². The Bertz CT molecular complexity index is 610. The van der Waals surface area contributed by atoms with E-state index in [2.05, 4.69) is 5.32 Å². The fraction of sp³-hybridized carbons (Fsp3) is 0.579. The Morgan fingerprint density at radius 1 is 1.12 bits per heavy atom. The van der Waals surface area contributed by atoms with Gasteiger partial charge in [-0.05, 0) is 44.7 Å². The maximum atomic E-state index is 12.8. The molecule has 2 fully saturated rings. The average molecular weight is 330 g/mol. The lowest BCUT2D eigenvalue weighted by Crippen LogP contribution is -2.57. The molecule has 1 aromatic rings. The van der Waals surface area contributed by atoms with Crippen molar-refractivity contribution in [3.05, 3.63) is 35.9 Å². The standard InChI is InChI=1S/C19H26N2O3/c1-18(17(23)20-14-19(24)11-5-6-12-19)10-7-13-21(18)16(22)15-8-3-2-4-9-15/h2-4,8-9,24H,5-7,10-14H2,1H3,(H,20,23). The van der Waals surface area contributed by atoms with Crippen molar-refractivity contribution in [2.24, 2.45) is 0 Å². The van der Waals surface area contributed by atoms with Gasteiger partial charge in [0.2, 0.25) is 5.91 Å². The fourth-order valence-electron chi connectivity index (χ4n) is 3.91. The smallest absolute Gasteiger partial charge is 0.254 e. The number of nitrogens with one attached hydrogen (secondary N) is 1. The molecule has 2 aliphatic rings. The van der Waals surface area contributed by atoms with E-state index in [1.807, 2.05) is 25.1 Å². The number of nitrogens with zero attached hydrogens (tertiary/aromatic N) is 1. The van der Waals surface area contributed by atoms with Crippen LogP contribution in [0.5, 0.6) is 0 Å². The average Bonchev–Trinajstić information content (AvgIpc) is 3.20. The van der Waals surface area contributed by atoms with E-state index < -0.39 is 11.1 Å². The second-order valence-corrected chi connectivity index (χ2v) is 7.31. The quantitative estimate of drug-likeness (QED) is 0.888. The van der Waals surface area contributed by atoms with Crippen molar-refractivity contribution in [1.82, 2.24) is 10.2 Å². The van der Waals surface area contributed by atoms with Gasteiger partial charge in [0.15, 0.2) is 0 Å². The summed E-state index contributed by atoms with van der Waals surface area (Å²) in [6, 6.07) is 9.09. The Kier molecular flexibility index (Phi) is 4.63. The van der Waals surface area contributed by atoms with Crippen LogP contribution in [0.1, 0.15) is 55.8 Å². The van der Waals surface area contributed by atoms with Crippen LogP contribution in [0, 0.1) is 0 Å². The van der Waals surface area contributed by atoms with E-state index in [1.165, 1.54) is 0 Å². The Balaban J connectivity index is 1.70. The number of amides is 2. The Morgan fingerprint density at radius 3 is 2.46 bits per heavy atom. The zero-order valence-corrected chi connectivity index (χ0v) is 14.3. The molecule has 24 heavy (non-hydrogen) atoms. The van der Waals surface area contributed by atoms with Crippen molar-refractivity contribution >= 4 is 11.8 Å². The molecular formula is C19H26N2O3. The first kappa shape index (κ1) is 17.0. The molecule has 1 aromatic carbocycles. The van der Waals surface area contributed by atoms with Crippen LogP contribution in [0.2, 0.25) is 0 Å². The minimum absolute atomic E-state index is 0.106. The summed E-state index contributed by atoms with van der Waals surface area (Å²) < 4.78 is 0. The Labute approximate surface area is 143 Å². The van der Waals surface area contributed by atoms with Crippen molar-refractivity contribution in [3.63, 3.8) is 0 Å². The number of aliphatic hydroxyl groups is 1. The van der Waals surface area contributed by atoms with E-state index in [-0.39, 0.29) is 18.4 Å². The largest absolute Gasteiger partial charge is 0.388 e. The van der Waals surface area contributed by atoms with Gasteiger partial charge in [0.25, 0.3) is 5.91 Å². The van der Waals surface area contributed by atoms with Gasteiger partial charge in [-0.1, -0.05) is 31.0 Å². The molecule has 2 N–H and O–H groups in total. The highest BCUT2D eigenvalue weighted by molar-refractivity contribution is 5.99. The Hall–Kier alpha value is -1.88. The lowest BCUT2D eigenvalue weighted by Gasteiger charge is -2.35. The van der Waals surface area contributed by atoms with E-state index in [4.69, 9.17) is 0 Å². The predicted molar refractivity (Wildman–Crippen MR) is 91.5 cm³/mol. The van der Waals surface area contributed by atoms with Crippen LogP contribution in [0.25, 0.3) is 0 Å². The van der Waals surface area contributed by atoms with Crippen LogP contribution in [0.15, 0.2) is 30.3 Å². The van der Waals surface area contributed by atoms with Gasteiger partial charge in [0.05, 0.1) is 5.60 Å². The number of hydrogen-bond acceptors (Lipinski definition) is 3. The molecule has 1 saturated heterocycles. The molecule has 0 spiro atoms. The van der Waals surface area contributed by atoms with Crippen molar-refractivity contribution in [1.29, 1.82) is 0 Å². The highest BCUT2D eigenvalue weighted by atomic mass is 16.3. The number of benzene rings is 1. The molecule has 1 aliphatic heterocycles. The van der Waals surface area contributed by atoms with Crippen LogP contribution in [0.4, 0.5) is 0 Å². The topological polar surface area (TPSA) is 69.6 Å². The summed E-state index contributed by atoms with van der Waals surface area (Å²) in [5.41, 5.74) is -1.02. The minimum Gasteiger partial charge on any atom is -0.388 e. The summed E-state index contributed by atoms with van der Waals surface area (Å²) in [5.74, 6) is -0.269. The monoisotopic (exact) mass is 330 g/mol. The van der Waals surface area contributed by atoms with Gasteiger partial charge in [-0.2, -0.15) is 0 Å². The summed E-state index contributed by atoms with van der Waals surface area (Å²) in [7, 11) is 0. The van der Waals surface area contributed by atoms with Crippen molar-refractivity contribution in [2.45, 2.75) is 56.6 Å². The van der Waals surface area contributed by atoms with Crippen LogP contribution < -0.4 is 5.32 Å². The van der Waals surface area contributed by atoms with E-state index in [9.17, 15) is 14.7 Å². The highest BCUT2D eigenvalue weighted by Gasteiger charge is 2.46. The maximum absolute atomic E-state index is 12.8. The van der Waals surface area contributed by atoms with Gasteiger partial charge in [-0.15, -0.1) is 0 Å². The van der Waals surface area contributed by atoms with Crippen LogP contribution >= 0.6 is 0 Å². The molecule has 1 heterocycles. The summed E-state index contributed by atoms with van der Waals surface area (Å²) in [6.45, 7) is 2.69. The molecule has 1 saturated carbocycles. The van der Waals surface area contributed by atoms with Gasteiger partial charge in [0.1, 0.15) is 5.54 Å². The zero-order chi connectivity index (χ0) is 17.2. The first-order valence-corrected chi connectivity index (χ1v) is 8.82. The van der Waals surface area contributed by atoms with Crippen molar-refractivity contribution in [3.8, 4) is 0 Å². The van der Waals surface area contributed by atoms with Gasteiger partial charge in [-0.25, -0.2) is 0 Å². The number of carbonyl (C=O) groups is 2.